The molecular weight excluding hydrogens is 225 g/mol. The van der Waals surface area contributed by atoms with Gasteiger partial charge in [-0.2, -0.15) is 0 Å². The van der Waals surface area contributed by atoms with Gasteiger partial charge in [0.15, 0.2) is 0 Å². The highest BCUT2D eigenvalue weighted by molar-refractivity contribution is 5.94. The number of amides is 1. The first-order chi connectivity index (χ1) is 8.13. The Morgan fingerprint density at radius 2 is 2.18 bits per heavy atom. The van der Waals surface area contributed by atoms with Gasteiger partial charge in [0.1, 0.15) is 5.82 Å². The number of carbonyl (C=O) groups excluding carboxylic acids is 2. The summed E-state index contributed by atoms with van der Waals surface area (Å²) in [5, 5.41) is 2.59. The Hall–Kier alpha value is -1.91. The van der Waals surface area contributed by atoms with Crippen molar-refractivity contribution >= 4 is 11.9 Å². The molecule has 0 aliphatic rings. The van der Waals surface area contributed by atoms with Crippen molar-refractivity contribution in [1.29, 1.82) is 0 Å². The van der Waals surface area contributed by atoms with Crippen molar-refractivity contribution in [2.45, 2.75) is 12.8 Å². The zero-order chi connectivity index (χ0) is 12.7. The van der Waals surface area contributed by atoms with Gasteiger partial charge in [-0.25, -0.2) is 4.39 Å². The summed E-state index contributed by atoms with van der Waals surface area (Å²) in [7, 11) is 1.31. The van der Waals surface area contributed by atoms with Crippen LogP contribution in [0.1, 0.15) is 23.2 Å². The monoisotopic (exact) mass is 239 g/mol. The number of rotatable bonds is 5. The maximum absolute atomic E-state index is 12.8. The molecule has 0 unspecified atom stereocenters. The lowest BCUT2D eigenvalue weighted by Crippen LogP contribution is -2.25. The van der Waals surface area contributed by atoms with Crippen LogP contribution in [0.25, 0.3) is 0 Å². The van der Waals surface area contributed by atoms with Crippen molar-refractivity contribution in [2.75, 3.05) is 13.7 Å². The van der Waals surface area contributed by atoms with Gasteiger partial charge in [0.2, 0.25) is 0 Å². The summed E-state index contributed by atoms with van der Waals surface area (Å²) in [5.41, 5.74) is 0.267. The summed E-state index contributed by atoms with van der Waals surface area (Å²) in [6, 6.07) is 5.43. The smallest absolute Gasteiger partial charge is 0.305 e. The second kappa shape index (κ2) is 6.62. The zero-order valence-electron chi connectivity index (χ0n) is 9.53. The molecule has 1 N–H and O–H groups in total. The van der Waals surface area contributed by atoms with E-state index in [0.717, 1.165) is 6.07 Å². The first kappa shape index (κ1) is 13.2. The second-order valence-electron chi connectivity index (χ2n) is 3.45. The number of esters is 1. The van der Waals surface area contributed by atoms with Crippen molar-refractivity contribution in [3.8, 4) is 0 Å². The predicted octanol–water partition coefficient (Wildman–Crippen LogP) is 1.51. The molecule has 0 saturated carbocycles. The largest absolute Gasteiger partial charge is 0.469 e. The van der Waals surface area contributed by atoms with E-state index in [1.807, 2.05) is 0 Å². The van der Waals surface area contributed by atoms with E-state index in [2.05, 4.69) is 10.1 Å². The lowest BCUT2D eigenvalue weighted by atomic mass is 10.2. The molecule has 0 spiro atoms. The molecule has 5 heteroatoms. The number of halogens is 1. The van der Waals surface area contributed by atoms with Crippen LogP contribution in [0.5, 0.6) is 0 Å². The minimum atomic E-state index is -0.452. The normalized spacial score (nSPS) is 9.76. The SMILES string of the molecule is COC(=O)CCCNC(=O)c1cccc(F)c1. The molecule has 1 amide bonds. The first-order valence-corrected chi connectivity index (χ1v) is 5.24. The van der Waals surface area contributed by atoms with E-state index in [0.29, 0.717) is 13.0 Å². The topological polar surface area (TPSA) is 55.4 Å². The molecule has 1 rings (SSSR count). The fourth-order valence-corrected chi connectivity index (χ4v) is 1.27. The third kappa shape index (κ3) is 4.63. The molecule has 0 atom stereocenters. The Morgan fingerprint density at radius 1 is 1.41 bits per heavy atom. The number of hydrogen-bond acceptors (Lipinski definition) is 3. The van der Waals surface area contributed by atoms with Crippen molar-refractivity contribution in [1.82, 2.24) is 5.32 Å². The molecule has 0 heterocycles. The summed E-state index contributed by atoms with van der Waals surface area (Å²) >= 11 is 0. The molecule has 0 bridgehead atoms. The number of ether oxygens (including phenoxy) is 1. The van der Waals surface area contributed by atoms with E-state index < -0.39 is 5.82 Å². The van der Waals surface area contributed by atoms with E-state index in [1.165, 1.54) is 25.3 Å². The Bertz CT molecular complexity index is 406. The molecule has 0 aliphatic carbocycles. The first-order valence-electron chi connectivity index (χ1n) is 5.24. The third-order valence-corrected chi connectivity index (χ3v) is 2.16. The molecule has 92 valence electrons. The summed E-state index contributed by atoms with van der Waals surface area (Å²) in [5.74, 6) is -1.12. The van der Waals surface area contributed by atoms with Crippen LogP contribution in [0.15, 0.2) is 24.3 Å². The Balaban J connectivity index is 2.33. The Kier molecular flexibility index (Phi) is 5.13. The summed E-state index contributed by atoms with van der Waals surface area (Å²) in [4.78, 5) is 22.3. The lowest BCUT2D eigenvalue weighted by Gasteiger charge is -2.04. The van der Waals surface area contributed by atoms with E-state index in [1.54, 1.807) is 0 Å². The molecule has 4 nitrogen and oxygen atoms in total. The van der Waals surface area contributed by atoms with Gasteiger partial charge < -0.3 is 10.1 Å². The van der Waals surface area contributed by atoms with Crippen molar-refractivity contribution in [3.05, 3.63) is 35.6 Å². The van der Waals surface area contributed by atoms with Crippen LogP contribution in [0, 0.1) is 5.82 Å². The number of carbonyl (C=O) groups is 2. The van der Waals surface area contributed by atoms with Crippen molar-refractivity contribution in [3.63, 3.8) is 0 Å². The van der Waals surface area contributed by atoms with Crippen LogP contribution in [-0.2, 0) is 9.53 Å². The summed E-state index contributed by atoms with van der Waals surface area (Å²) in [6.07, 6.45) is 0.744. The average molecular weight is 239 g/mol. The Morgan fingerprint density at radius 3 is 2.82 bits per heavy atom. The van der Waals surface area contributed by atoms with E-state index >= 15 is 0 Å². The van der Waals surface area contributed by atoms with Gasteiger partial charge in [-0.05, 0) is 24.6 Å². The van der Waals surface area contributed by atoms with Gasteiger partial charge in [0, 0.05) is 18.5 Å². The van der Waals surface area contributed by atoms with E-state index in [9.17, 15) is 14.0 Å². The fourth-order valence-electron chi connectivity index (χ4n) is 1.27. The van der Waals surface area contributed by atoms with Crippen LogP contribution in [0.3, 0.4) is 0 Å². The molecule has 0 aromatic heterocycles. The number of nitrogens with one attached hydrogen (secondary N) is 1. The Labute approximate surface area is 98.8 Å². The minimum Gasteiger partial charge on any atom is -0.469 e. The fraction of sp³-hybridized carbons (Fsp3) is 0.333. The van der Waals surface area contributed by atoms with Gasteiger partial charge in [0.25, 0.3) is 5.91 Å². The maximum Gasteiger partial charge on any atom is 0.305 e. The van der Waals surface area contributed by atoms with Gasteiger partial charge in [-0.3, -0.25) is 9.59 Å². The quantitative estimate of drug-likeness (QED) is 0.626. The van der Waals surface area contributed by atoms with Crippen LogP contribution in [0.2, 0.25) is 0 Å². The third-order valence-electron chi connectivity index (χ3n) is 2.16. The molecule has 1 aromatic carbocycles. The van der Waals surface area contributed by atoms with Gasteiger partial charge in [-0.15, -0.1) is 0 Å². The predicted molar refractivity (Wildman–Crippen MR) is 60.0 cm³/mol. The molecule has 0 radical (unpaired) electrons. The second-order valence-corrected chi connectivity index (χ2v) is 3.45. The van der Waals surface area contributed by atoms with Gasteiger partial charge in [0.05, 0.1) is 7.11 Å². The molecular formula is C12H14FNO3. The van der Waals surface area contributed by atoms with E-state index in [4.69, 9.17) is 0 Å². The molecule has 0 saturated heterocycles. The summed E-state index contributed by atoms with van der Waals surface area (Å²) in [6.45, 7) is 0.352. The van der Waals surface area contributed by atoms with Crippen LogP contribution < -0.4 is 5.32 Å². The average Bonchev–Trinajstić information content (AvgIpc) is 2.34. The highest BCUT2D eigenvalue weighted by Crippen LogP contribution is 2.03. The molecule has 1 aromatic rings. The van der Waals surface area contributed by atoms with Crippen LogP contribution in [0.4, 0.5) is 4.39 Å². The van der Waals surface area contributed by atoms with Crippen molar-refractivity contribution < 1.29 is 18.7 Å². The van der Waals surface area contributed by atoms with Gasteiger partial charge >= 0.3 is 5.97 Å². The maximum atomic E-state index is 12.8. The highest BCUT2D eigenvalue weighted by Gasteiger charge is 2.06. The minimum absolute atomic E-state index is 0.250. The number of hydrogen-bond donors (Lipinski definition) is 1. The summed E-state index contributed by atoms with van der Waals surface area (Å²) < 4.78 is 17.3. The molecule has 0 aliphatic heterocycles. The molecule has 0 fully saturated rings. The number of methoxy groups -OCH3 is 1. The van der Waals surface area contributed by atoms with Crippen molar-refractivity contribution in [2.24, 2.45) is 0 Å². The van der Waals surface area contributed by atoms with Crippen LogP contribution in [-0.4, -0.2) is 25.5 Å². The standard InChI is InChI=1S/C12H14FNO3/c1-17-11(15)6-3-7-14-12(16)9-4-2-5-10(13)8-9/h2,4-5,8H,3,6-7H2,1H3,(H,14,16). The zero-order valence-corrected chi connectivity index (χ0v) is 9.53. The number of benzene rings is 1. The lowest BCUT2D eigenvalue weighted by molar-refractivity contribution is -0.140. The van der Waals surface area contributed by atoms with Gasteiger partial charge in [-0.1, -0.05) is 6.07 Å². The molecule has 17 heavy (non-hydrogen) atoms. The van der Waals surface area contributed by atoms with E-state index in [-0.39, 0.29) is 23.9 Å². The van der Waals surface area contributed by atoms with Crippen LogP contribution >= 0.6 is 0 Å². The highest BCUT2D eigenvalue weighted by atomic mass is 19.1.